The highest BCUT2D eigenvalue weighted by atomic mass is 32.1. The van der Waals surface area contributed by atoms with Crippen molar-refractivity contribution in [2.45, 2.75) is 6.42 Å². The van der Waals surface area contributed by atoms with Crippen molar-refractivity contribution >= 4 is 40.5 Å². The van der Waals surface area contributed by atoms with Crippen LogP contribution in [0, 0.1) is 15.5 Å². The molecule has 0 unspecified atom stereocenters. The average molecular weight is 334 g/mol. The van der Waals surface area contributed by atoms with E-state index in [-0.39, 0.29) is 23.8 Å². The number of nitro groups is 1. The number of anilines is 1. The van der Waals surface area contributed by atoms with Crippen molar-refractivity contribution < 1.29 is 14.5 Å². The molecule has 0 radical (unpaired) electrons. The normalized spacial score (nSPS) is 23.8. The summed E-state index contributed by atoms with van der Waals surface area (Å²) >= 11 is 4.97. The highest BCUT2D eigenvalue weighted by Gasteiger charge is 2.54. The summed E-state index contributed by atoms with van der Waals surface area (Å²) in [5.74, 6) is -0.857. The van der Waals surface area contributed by atoms with Crippen LogP contribution in [0.3, 0.4) is 0 Å². The number of amides is 2. The van der Waals surface area contributed by atoms with Gasteiger partial charge in [0.15, 0.2) is 5.11 Å². The van der Waals surface area contributed by atoms with Gasteiger partial charge in [-0.1, -0.05) is 0 Å². The summed E-state index contributed by atoms with van der Waals surface area (Å²) in [6, 6.07) is 4.47. The maximum absolute atomic E-state index is 12.7. The van der Waals surface area contributed by atoms with Gasteiger partial charge in [0, 0.05) is 38.5 Å². The van der Waals surface area contributed by atoms with Gasteiger partial charge in [0.05, 0.1) is 4.92 Å². The zero-order valence-electron chi connectivity index (χ0n) is 12.5. The molecule has 23 heavy (non-hydrogen) atoms. The van der Waals surface area contributed by atoms with E-state index in [1.54, 1.807) is 18.0 Å². The lowest BCUT2D eigenvalue weighted by Crippen LogP contribution is -2.67. The van der Waals surface area contributed by atoms with Gasteiger partial charge in [-0.2, -0.15) is 0 Å². The number of hydrogen-bond donors (Lipinski definition) is 1. The van der Waals surface area contributed by atoms with Crippen LogP contribution in [-0.2, 0) is 16.0 Å². The van der Waals surface area contributed by atoms with Gasteiger partial charge in [-0.3, -0.25) is 24.6 Å². The third-order valence-electron chi connectivity index (χ3n) is 4.36. The molecular weight excluding hydrogens is 320 g/mol. The Kier molecular flexibility index (Phi) is 3.33. The lowest BCUT2D eigenvalue weighted by molar-refractivity contribution is -0.384. The van der Waals surface area contributed by atoms with E-state index in [1.165, 1.54) is 24.1 Å². The second-order valence-corrected chi connectivity index (χ2v) is 6.20. The van der Waals surface area contributed by atoms with Crippen LogP contribution in [-0.4, -0.2) is 47.4 Å². The Morgan fingerprint density at radius 3 is 2.70 bits per heavy atom. The summed E-state index contributed by atoms with van der Waals surface area (Å²) in [6.07, 6.45) is 0.103. The van der Waals surface area contributed by atoms with Gasteiger partial charge in [-0.15, -0.1) is 0 Å². The van der Waals surface area contributed by atoms with E-state index in [0.717, 1.165) is 5.69 Å². The Hall–Kier alpha value is -2.55. The maximum atomic E-state index is 12.7. The predicted octanol–water partition coefficient (Wildman–Crippen LogP) is 0.447. The predicted molar refractivity (Wildman–Crippen MR) is 86.0 cm³/mol. The standard InChI is InChI=1S/C14H14N4O4S/c1-16-7-14(11(19)15-13(23)17(2)12(14)20)6-8-5-9(18(21)22)3-4-10(8)16/h3-5H,6-7H2,1-2H3,(H,15,19,23)/t14-/m1/s1. The molecule has 1 N–H and O–H groups in total. The molecule has 2 heterocycles. The van der Waals surface area contributed by atoms with Crippen LogP contribution in [0.2, 0.25) is 0 Å². The number of nitrogens with zero attached hydrogens (tertiary/aromatic N) is 3. The quantitative estimate of drug-likeness (QED) is 0.347. The van der Waals surface area contributed by atoms with E-state index in [0.29, 0.717) is 5.56 Å². The number of carbonyl (C=O) groups is 2. The number of hydrogen-bond acceptors (Lipinski definition) is 6. The lowest BCUT2D eigenvalue weighted by Gasteiger charge is -2.45. The number of thiocarbonyl (C=S) groups is 1. The summed E-state index contributed by atoms with van der Waals surface area (Å²) in [5, 5.41) is 13.6. The van der Waals surface area contributed by atoms with E-state index in [1.807, 2.05) is 0 Å². The minimum absolute atomic E-state index is 0.0677. The van der Waals surface area contributed by atoms with Crippen LogP contribution in [0.1, 0.15) is 5.56 Å². The van der Waals surface area contributed by atoms with Gasteiger partial charge in [-0.25, -0.2) is 0 Å². The molecule has 1 fully saturated rings. The van der Waals surface area contributed by atoms with Gasteiger partial charge >= 0.3 is 0 Å². The van der Waals surface area contributed by atoms with Gasteiger partial charge in [0.25, 0.3) is 5.69 Å². The molecule has 1 atom stereocenters. The number of nitrogens with one attached hydrogen (secondary N) is 1. The van der Waals surface area contributed by atoms with E-state index in [2.05, 4.69) is 5.32 Å². The zero-order chi connectivity index (χ0) is 16.9. The third kappa shape index (κ3) is 2.15. The molecule has 2 aliphatic rings. The molecule has 1 aromatic rings. The van der Waals surface area contributed by atoms with E-state index < -0.39 is 22.2 Å². The number of benzene rings is 1. The summed E-state index contributed by atoms with van der Waals surface area (Å²) in [6.45, 7) is 0.190. The first-order valence-electron chi connectivity index (χ1n) is 6.88. The summed E-state index contributed by atoms with van der Waals surface area (Å²) in [5.41, 5.74) is -0.0226. The Morgan fingerprint density at radius 2 is 2.04 bits per heavy atom. The molecule has 8 nitrogen and oxygen atoms in total. The molecule has 9 heteroatoms. The molecule has 0 aliphatic carbocycles. The fourth-order valence-electron chi connectivity index (χ4n) is 3.18. The van der Waals surface area contributed by atoms with Crippen molar-refractivity contribution in [3.8, 4) is 0 Å². The topological polar surface area (TPSA) is 95.8 Å². The monoisotopic (exact) mass is 334 g/mol. The number of carbonyl (C=O) groups excluding carboxylic acids is 2. The average Bonchev–Trinajstić information content (AvgIpc) is 2.51. The van der Waals surface area contributed by atoms with E-state index >= 15 is 0 Å². The van der Waals surface area contributed by atoms with E-state index in [9.17, 15) is 19.7 Å². The highest BCUT2D eigenvalue weighted by molar-refractivity contribution is 7.80. The first-order chi connectivity index (χ1) is 10.8. The van der Waals surface area contributed by atoms with Crippen molar-refractivity contribution in [3.05, 3.63) is 33.9 Å². The van der Waals surface area contributed by atoms with Gasteiger partial charge in [0.2, 0.25) is 11.8 Å². The molecule has 0 saturated carbocycles. The number of rotatable bonds is 1. The fraction of sp³-hybridized carbons (Fsp3) is 0.357. The lowest BCUT2D eigenvalue weighted by atomic mass is 9.74. The third-order valence-corrected chi connectivity index (χ3v) is 4.73. The molecular formula is C14H14N4O4S. The second-order valence-electron chi connectivity index (χ2n) is 5.81. The largest absolute Gasteiger partial charge is 0.373 e. The molecule has 2 amide bonds. The first kappa shape index (κ1) is 15.3. The van der Waals surface area contributed by atoms with E-state index in [4.69, 9.17) is 12.2 Å². The molecule has 1 aromatic carbocycles. The minimum atomic E-state index is -1.33. The highest BCUT2D eigenvalue weighted by Crippen LogP contribution is 2.40. The van der Waals surface area contributed by atoms with Crippen molar-refractivity contribution in [3.63, 3.8) is 0 Å². The smallest absolute Gasteiger partial charge is 0.269 e. The van der Waals surface area contributed by atoms with Gasteiger partial charge in [-0.05, 0) is 30.3 Å². The Morgan fingerprint density at radius 1 is 1.35 bits per heavy atom. The van der Waals surface area contributed by atoms with Crippen molar-refractivity contribution in [1.82, 2.24) is 10.2 Å². The first-order valence-corrected chi connectivity index (χ1v) is 7.29. The Labute approximate surface area is 137 Å². The van der Waals surface area contributed by atoms with Crippen LogP contribution in [0.4, 0.5) is 11.4 Å². The van der Waals surface area contributed by atoms with Crippen LogP contribution < -0.4 is 10.2 Å². The zero-order valence-corrected chi connectivity index (χ0v) is 13.3. The van der Waals surface area contributed by atoms with Crippen LogP contribution in [0.25, 0.3) is 0 Å². The van der Waals surface area contributed by atoms with Crippen molar-refractivity contribution in [2.75, 3.05) is 25.5 Å². The van der Waals surface area contributed by atoms with Crippen LogP contribution in [0.15, 0.2) is 18.2 Å². The number of non-ortho nitro benzene ring substituents is 1. The minimum Gasteiger partial charge on any atom is -0.373 e. The van der Waals surface area contributed by atoms with Gasteiger partial charge < -0.3 is 10.2 Å². The molecule has 120 valence electrons. The summed E-state index contributed by atoms with van der Waals surface area (Å²) in [7, 11) is 3.26. The molecule has 3 rings (SSSR count). The molecule has 2 aliphatic heterocycles. The van der Waals surface area contributed by atoms with Crippen LogP contribution >= 0.6 is 12.2 Å². The Bertz CT molecular complexity index is 765. The molecule has 1 saturated heterocycles. The van der Waals surface area contributed by atoms with Crippen molar-refractivity contribution in [2.24, 2.45) is 5.41 Å². The molecule has 0 aromatic heterocycles. The molecule has 0 bridgehead atoms. The second kappa shape index (κ2) is 4.98. The summed E-state index contributed by atoms with van der Waals surface area (Å²) < 4.78 is 0. The summed E-state index contributed by atoms with van der Waals surface area (Å²) in [4.78, 5) is 38.7. The van der Waals surface area contributed by atoms with Crippen LogP contribution in [0.5, 0.6) is 0 Å². The number of fused-ring (bicyclic) bond motifs is 1. The maximum Gasteiger partial charge on any atom is 0.269 e. The molecule has 1 spiro atoms. The van der Waals surface area contributed by atoms with Crippen molar-refractivity contribution in [1.29, 1.82) is 0 Å². The fourth-order valence-corrected chi connectivity index (χ4v) is 3.35. The Balaban J connectivity index is 2.09. The SMILES string of the molecule is CN1C(=O)[C@@]2(Cc3cc([N+](=O)[O-])ccc3N(C)C2)C(=O)NC1=S. The van der Waals surface area contributed by atoms with Gasteiger partial charge in [0.1, 0.15) is 5.41 Å². The number of nitro benzene ring substituents is 1.